The highest BCUT2D eigenvalue weighted by Gasteiger charge is 2.23. The average molecular weight is 433 g/mol. The summed E-state index contributed by atoms with van der Waals surface area (Å²) >= 11 is 0. The van der Waals surface area contributed by atoms with Crippen molar-refractivity contribution in [2.75, 3.05) is 19.6 Å². The molecule has 1 saturated heterocycles. The summed E-state index contributed by atoms with van der Waals surface area (Å²) in [5.41, 5.74) is 6.14. The lowest BCUT2D eigenvalue weighted by molar-refractivity contribution is 0.0953. The molecule has 7 nitrogen and oxygen atoms in total. The van der Waals surface area contributed by atoms with Crippen molar-refractivity contribution in [2.24, 2.45) is 7.05 Å². The second-order valence-corrected chi connectivity index (χ2v) is 8.65. The Balaban J connectivity index is 1.30. The summed E-state index contributed by atoms with van der Waals surface area (Å²) in [6, 6.07) is 9.97. The second kappa shape index (κ2) is 10.0. The van der Waals surface area contributed by atoms with E-state index in [1.54, 1.807) is 6.20 Å². The van der Waals surface area contributed by atoms with E-state index in [0.29, 0.717) is 18.0 Å². The molecule has 1 aliphatic rings. The maximum Gasteiger partial charge on any atom is 0.252 e. The van der Waals surface area contributed by atoms with Crippen molar-refractivity contribution in [3.05, 3.63) is 76.6 Å². The zero-order valence-corrected chi connectivity index (χ0v) is 19.2. The van der Waals surface area contributed by atoms with Gasteiger partial charge in [0.25, 0.3) is 5.91 Å². The molecule has 1 amide bonds. The molecule has 0 radical (unpaired) electrons. The molecule has 1 N–H and O–H groups in total. The summed E-state index contributed by atoms with van der Waals surface area (Å²) in [6.45, 7) is 7.58. The topological polar surface area (TPSA) is 75.9 Å². The fourth-order valence-corrected chi connectivity index (χ4v) is 4.52. The molecule has 0 aromatic carbocycles. The molecular weight excluding hydrogens is 400 g/mol. The highest BCUT2D eigenvalue weighted by Crippen LogP contribution is 2.26. The number of hydrogen-bond acceptors (Lipinski definition) is 5. The Kier molecular flexibility index (Phi) is 6.95. The first-order valence-electron chi connectivity index (χ1n) is 11.4. The van der Waals surface area contributed by atoms with Crippen LogP contribution in [0.2, 0.25) is 0 Å². The Bertz CT molecular complexity index is 1040. The maximum absolute atomic E-state index is 12.6. The molecule has 1 fully saturated rings. The molecule has 1 atom stereocenters. The fourth-order valence-electron chi connectivity index (χ4n) is 4.52. The van der Waals surface area contributed by atoms with Crippen LogP contribution >= 0.6 is 0 Å². The van der Waals surface area contributed by atoms with Gasteiger partial charge >= 0.3 is 0 Å². The molecule has 4 rings (SSSR count). The zero-order valence-electron chi connectivity index (χ0n) is 19.2. The third-order valence-corrected chi connectivity index (χ3v) is 6.40. The van der Waals surface area contributed by atoms with Crippen molar-refractivity contribution in [2.45, 2.75) is 45.6 Å². The van der Waals surface area contributed by atoms with Crippen molar-refractivity contribution in [3.63, 3.8) is 0 Å². The van der Waals surface area contributed by atoms with E-state index in [1.165, 1.54) is 5.56 Å². The number of amides is 1. The summed E-state index contributed by atoms with van der Waals surface area (Å²) < 4.78 is 1.89. The van der Waals surface area contributed by atoms with Crippen LogP contribution in [-0.2, 0) is 20.0 Å². The van der Waals surface area contributed by atoms with Crippen LogP contribution < -0.4 is 5.32 Å². The van der Waals surface area contributed by atoms with E-state index in [0.717, 1.165) is 61.7 Å². The second-order valence-electron chi connectivity index (χ2n) is 8.65. The van der Waals surface area contributed by atoms with Crippen LogP contribution in [0.1, 0.15) is 57.5 Å². The molecule has 0 aliphatic carbocycles. The van der Waals surface area contributed by atoms with Gasteiger partial charge in [0.2, 0.25) is 0 Å². The van der Waals surface area contributed by atoms with E-state index in [-0.39, 0.29) is 5.91 Å². The van der Waals surface area contributed by atoms with Gasteiger partial charge in [-0.05, 0) is 69.5 Å². The van der Waals surface area contributed by atoms with Gasteiger partial charge in [-0.2, -0.15) is 5.10 Å². The Labute approximate surface area is 189 Å². The van der Waals surface area contributed by atoms with Crippen LogP contribution in [0, 0.1) is 13.8 Å². The number of piperidine rings is 1. The highest BCUT2D eigenvalue weighted by molar-refractivity contribution is 5.93. The number of pyridine rings is 2. The molecule has 3 aromatic heterocycles. The lowest BCUT2D eigenvalue weighted by Crippen LogP contribution is -2.34. The minimum Gasteiger partial charge on any atom is -0.352 e. The molecule has 0 saturated carbocycles. The molecule has 7 heteroatoms. The summed E-state index contributed by atoms with van der Waals surface area (Å²) in [6.07, 6.45) is 6.61. The Morgan fingerprint density at radius 2 is 2.06 bits per heavy atom. The van der Waals surface area contributed by atoms with Crippen molar-refractivity contribution in [3.8, 4) is 0 Å². The quantitative estimate of drug-likeness (QED) is 0.621. The molecule has 0 bridgehead atoms. The number of likely N-dealkylation sites (tertiary alicyclic amines) is 1. The molecular formula is C25H32N6O. The van der Waals surface area contributed by atoms with E-state index >= 15 is 0 Å². The normalized spacial score (nSPS) is 16.8. The third kappa shape index (κ3) is 5.22. The van der Waals surface area contributed by atoms with Crippen molar-refractivity contribution in [1.82, 2.24) is 30.0 Å². The van der Waals surface area contributed by atoms with E-state index < -0.39 is 0 Å². The van der Waals surface area contributed by atoms with Crippen LogP contribution in [0.4, 0.5) is 0 Å². The van der Waals surface area contributed by atoms with E-state index in [2.05, 4.69) is 38.3 Å². The van der Waals surface area contributed by atoms with Gasteiger partial charge in [0.1, 0.15) is 0 Å². The number of carbonyl (C=O) groups excluding carboxylic acids is 1. The van der Waals surface area contributed by atoms with Gasteiger partial charge in [0.05, 0.1) is 17.0 Å². The molecule has 1 aliphatic heterocycles. The summed E-state index contributed by atoms with van der Waals surface area (Å²) in [7, 11) is 1.95. The lowest BCUT2D eigenvalue weighted by Gasteiger charge is -2.32. The van der Waals surface area contributed by atoms with E-state index in [1.807, 2.05) is 49.1 Å². The molecule has 3 aromatic rings. The van der Waals surface area contributed by atoms with Gasteiger partial charge in [-0.25, -0.2) is 0 Å². The van der Waals surface area contributed by atoms with Crippen LogP contribution in [0.5, 0.6) is 0 Å². The average Bonchev–Trinajstić information content (AvgIpc) is 3.06. The maximum atomic E-state index is 12.6. The van der Waals surface area contributed by atoms with Crippen LogP contribution in [0.25, 0.3) is 0 Å². The van der Waals surface area contributed by atoms with Gasteiger partial charge < -0.3 is 5.32 Å². The Hall–Kier alpha value is -3.06. The number of nitrogens with zero attached hydrogens (tertiary/aromatic N) is 5. The van der Waals surface area contributed by atoms with Crippen LogP contribution in [-0.4, -0.2) is 50.2 Å². The Morgan fingerprint density at radius 1 is 1.19 bits per heavy atom. The first kappa shape index (κ1) is 22.1. The largest absolute Gasteiger partial charge is 0.352 e. The fraction of sp³-hybridized carbons (Fsp3) is 0.440. The van der Waals surface area contributed by atoms with Gasteiger partial charge in [-0.1, -0.05) is 6.07 Å². The first-order valence-corrected chi connectivity index (χ1v) is 11.4. The number of aromatic nitrogens is 4. The SMILES string of the molecule is Cc1nn(C)c(C)c1CCNC(=O)c1ccc(C2CCCN(Cc3ccccn3)C2)nc1. The molecule has 32 heavy (non-hydrogen) atoms. The number of carbonyl (C=O) groups is 1. The highest BCUT2D eigenvalue weighted by atomic mass is 16.1. The molecule has 168 valence electrons. The third-order valence-electron chi connectivity index (χ3n) is 6.40. The number of aryl methyl sites for hydroxylation is 2. The molecule has 4 heterocycles. The van der Waals surface area contributed by atoms with Gasteiger partial charge in [0, 0.05) is 56.4 Å². The number of rotatable bonds is 7. The standard InChI is InChI=1S/C25H32N6O/c1-18-23(19(2)30(3)29-18)11-13-27-25(32)20-9-10-24(28-15-20)21-7-6-14-31(16-21)17-22-8-4-5-12-26-22/h4-5,8-10,12,15,21H,6-7,11,13-14,16-17H2,1-3H3,(H,27,32). The van der Waals surface area contributed by atoms with E-state index in [9.17, 15) is 4.79 Å². The van der Waals surface area contributed by atoms with Crippen LogP contribution in [0.3, 0.4) is 0 Å². The predicted molar refractivity (Wildman–Crippen MR) is 124 cm³/mol. The Morgan fingerprint density at radius 3 is 2.75 bits per heavy atom. The lowest BCUT2D eigenvalue weighted by atomic mass is 9.94. The smallest absolute Gasteiger partial charge is 0.252 e. The monoisotopic (exact) mass is 432 g/mol. The minimum absolute atomic E-state index is 0.0799. The molecule has 0 spiro atoms. The summed E-state index contributed by atoms with van der Waals surface area (Å²) in [4.78, 5) is 24.1. The van der Waals surface area contributed by atoms with E-state index in [4.69, 9.17) is 0 Å². The van der Waals surface area contributed by atoms with Crippen LogP contribution in [0.15, 0.2) is 42.7 Å². The zero-order chi connectivity index (χ0) is 22.5. The molecule has 1 unspecified atom stereocenters. The number of nitrogens with one attached hydrogen (secondary N) is 1. The van der Waals surface area contributed by atoms with Crippen molar-refractivity contribution < 1.29 is 4.79 Å². The van der Waals surface area contributed by atoms with Gasteiger partial charge in [-0.3, -0.25) is 24.3 Å². The number of hydrogen-bond donors (Lipinski definition) is 1. The van der Waals surface area contributed by atoms with Crippen molar-refractivity contribution in [1.29, 1.82) is 0 Å². The first-order chi connectivity index (χ1) is 15.5. The predicted octanol–water partition coefficient (Wildman–Crippen LogP) is 3.18. The van der Waals surface area contributed by atoms with Gasteiger partial charge in [-0.15, -0.1) is 0 Å². The van der Waals surface area contributed by atoms with Gasteiger partial charge in [0.15, 0.2) is 0 Å². The summed E-state index contributed by atoms with van der Waals surface area (Å²) in [5, 5.41) is 7.45. The minimum atomic E-state index is -0.0799. The van der Waals surface area contributed by atoms with Crippen molar-refractivity contribution >= 4 is 5.91 Å². The summed E-state index contributed by atoms with van der Waals surface area (Å²) in [5.74, 6) is 0.310.